The van der Waals surface area contributed by atoms with Crippen LogP contribution in [0.3, 0.4) is 0 Å². The zero-order chi connectivity index (χ0) is 14.8. The van der Waals surface area contributed by atoms with Gasteiger partial charge in [0.2, 0.25) is 5.82 Å². The molecule has 0 radical (unpaired) electrons. The molecule has 21 heavy (non-hydrogen) atoms. The van der Waals surface area contributed by atoms with E-state index in [1.54, 1.807) is 24.4 Å². The number of aromatic nitrogens is 3. The second-order valence-electron chi connectivity index (χ2n) is 4.52. The van der Waals surface area contributed by atoms with Crippen molar-refractivity contribution in [2.45, 2.75) is 13.3 Å². The zero-order valence-corrected chi connectivity index (χ0v) is 12.1. The molecule has 0 aliphatic heterocycles. The lowest BCUT2D eigenvalue weighted by atomic mass is 10.1. The summed E-state index contributed by atoms with van der Waals surface area (Å²) in [5.41, 5.74) is 8.85. The molecule has 0 saturated heterocycles. The van der Waals surface area contributed by atoms with Gasteiger partial charge < -0.3 is 10.3 Å². The van der Waals surface area contributed by atoms with Crippen LogP contribution >= 0.6 is 11.6 Å². The molecule has 3 aromatic rings. The number of aryl methyl sites for hydroxylation is 1. The Bertz CT molecular complexity index is 785. The van der Waals surface area contributed by atoms with Crippen LogP contribution in [0.15, 0.2) is 41.1 Å². The molecule has 2 N–H and O–H groups in total. The molecule has 0 spiro atoms. The second kappa shape index (κ2) is 5.54. The van der Waals surface area contributed by atoms with Crippen LogP contribution in [-0.2, 0) is 6.42 Å². The maximum absolute atomic E-state index is 5.98. The van der Waals surface area contributed by atoms with E-state index in [-0.39, 0.29) is 0 Å². The lowest BCUT2D eigenvalue weighted by molar-refractivity contribution is 0.432. The molecule has 106 valence electrons. The topological polar surface area (TPSA) is 77.8 Å². The Hall–Kier alpha value is -2.40. The predicted molar refractivity (Wildman–Crippen MR) is 81.8 cm³/mol. The second-order valence-corrected chi connectivity index (χ2v) is 4.96. The van der Waals surface area contributed by atoms with Crippen LogP contribution < -0.4 is 5.73 Å². The van der Waals surface area contributed by atoms with Crippen molar-refractivity contribution in [2.24, 2.45) is 0 Å². The fraction of sp³-hybridized carbons (Fsp3) is 0.133. The maximum atomic E-state index is 5.98. The zero-order valence-electron chi connectivity index (χ0n) is 11.4. The fourth-order valence-electron chi connectivity index (χ4n) is 2.07. The highest BCUT2D eigenvalue weighted by Gasteiger charge is 2.16. The molecule has 2 aromatic heterocycles. The highest BCUT2D eigenvalue weighted by atomic mass is 35.5. The molecule has 1 aromatic carbocycles. The largest absolute Gasteiger partial charge is 0.398 e. The molecule has 0 bridgehead atoms. The van der Waals surface area contributed by atoms with Gasteiger partial charge in [-0.05, 0) is 36.2 Å². The van der Waals surface area contributed by atoms with Gasteiger partial charge in [0.25, 0.3) is 5.89 Å². The first-order chi connectivity index (χ1) is 10.2. The van der Waals surface area contributed by atoms with E-state index in [4.69, 9.17) is 21.9 Å². The van der Waals surface area contributed by atoms with Crippen molar-refractivity contribution in [3.8, 4) is 23.0 Å². The first-order valence-electron chi connectivity index (χ1n) is 6.52. The van der Waals surface area contributed by atoms with Crippen LogP contribution in [0.4, 0.5) is 5.69 Å². The van der Waals surface area contributed by atoms with Crippen molar-refractivity contribution >= 4 is 17.3 Å². The van der Waals surface area contributed by atoms with E-state index in [9.17, 15) is 0 Å². The van der Waals surface area contributed by atoms with Crippen molar-refractivity contribution in [2.75, 3.05) is 5.73 Å². The Morgan fingerprint density at radius 3 is 2.95 bits per heavy atom. The number of rotatable bonds is 3. The van der Waals surface area contributed by atoms with Crippen molar-refractivity contribution in [1.82, 2.24) is 15.1 Å². The number of hydrogen-bond donors (Lipinski definition) is 1. The molecule has 6 heteroatoms. The minimum Gasteiger partial charge on any atom is -0.398 e. The predicted octanol–water partition coefficient (Wildman–Crippen LogP) is 3.60. The van der Waals surface area contributed by atoms with Crippen LogP contribution in [-0.4, -0.2) is 15.1 Å². The minimum absolute atomic E-state index is 0.331. The average molecular weight is 301 g/mol. The quantitative estimate of drug-likeness (QED) is 0.748. The molecule has 5 nitrogen and oxygen atoms in total. The van der Waals surface area contributed by atoms with Crippen molar-refractivity contribution in [3.05, 3.63) is 47.1 Å². The third-order valence-electron chi connectivity index (χ3n) is 3.16. The maximum Gasteiger partial charge on any atom is 0.260 e. The third kappa shape index (κ3) is 2.60. The van der Waals surface area contributed by atoms with Crippen LogP contribution in [0.25, 0.3) is 23.0 Å². The van der Waals surface area contributed by atoms with Crippen molar-refractivity contribution in [3.63, 3.8) is 0 Å². The summed E-state index contributed by atoms with van der Waals surface area (Å²) in [6.45, 7) is 2.05. The number of halogens is 1. The van der Waals surface area contributed by atoms with Gasteiger partial charge in [-0.25, -0.2) is 0 Å². The van der Waals surface area contributed by atoms with Crippen LogP contribution in [0.5, 0.6) is 0 Å². The van der Waals surface area contributed by atoms with Crippen molar-refractivity contribution < 1.29 is 4.52 Å². The highest BCUT2D eigenvalue weighted by molar-refractivity contribution is 6.31. The average Bonchev–Trinajstić information content (AvgIpc) is 2.99. The van der Waals surface area contributed by atoms with Crippen LogP contribution in [0.1, 0.15) is 12.5 Å². The molecular formula is C15H13ClN4O. The van der Waals surface area contributed by atoms with E-state index in [1.807, 2.05) is 12.1 Å². The lowest BCUT2D eigenvalue weighted by Gasteiger charge is -2.01. The highest BCUT2D eigenvalue weighted by Crippen LogP contribution is 2.29. The Balaban J connectivity index is 2.06. The SMILES string of the molecule is CCc1cccnc1-c1noc(-c2cc(Cl)ccc2N)n1. The number of anilines is 1. The van der Waals surface area contributed by atoms with Crippen LogP contribution in [0.2, 0.25) is 5.02 Å². The van der Waals surface area contributed by atoms with Gasteiger partial charge in [0.1, 0.15) is 5.69 Å². The molecule has 0 atom stereocenters. The summed E-state index contributed by atoms with van der Waals surface area (Å²) in [7, 11) is 0. The summed E-state index contributed by atoms with van der Waals surface area (Å²) in [5, 5.41) is 4.56. The van der Waals surface area contributed by atoms with Gasteiger partial charge >= 0.3 is 0 Å². The molecule has 2 heterocycles. The number of hydrogen-bond acceptors (Lipinski definition) is 5. The first-order valence-corrected chi connectivity index (χ1v) is 6.90. The van der Waals surface area contributed by atoms with E-state index < -0.39 is 0 Å². The normalized spacial score (nSPS) is 10.8. The standard InChI is InChI=1S/C15H13ClN4O/c1-2-9-4-3-7-18-13(9)14-19-15(21-20-14)11-8-10(16)5-6-12(11)17/h3-8H,2,17H2,1H3. The Labute approximate surface area is 126 Å². The molecule has 0 amide bonds. The van der Waals surface area contributed by atoms with E-state index >= 15 is 0 Å². The molecule has 0 aliphatic carbocycles. The number of nitrogens with zero attached hydrogens (tertiary/aromatic N) is 3. The van der Waals surface area contributed by atoms with Gasteiger partial charge in [0.05, 0.1) is 5.56 Å². The Morgan fingerprint density at radius 2 is 2.14 bits per heavy atom. The number of pyridine rings is 1. The monoisotopic (exact) mass is 300 g/mol. The number of nitrogen functional groups attached to an aromatic ring is 1. The first kappa shape index (κ1) is 13.6. The third-order valence-corrected chi connectivity index (χ3v) is 3.39. The summed E-state index contributed by atoms with van der Waals surface area (Å²) in [6, 6.07) is 9.00. The molecule has 0 fully saturated rings. The van der Waals surface area contributed by atoms with E-state index in [0.29, 0.717) is 28.0 Å². The number of benzene rings is 1. The van der Waals surface area contributed by atoms with Crippen LogP contribution in [0, 0.1) is 0 Å². The Morgan fingerprint density at radius 1 is 1.29 bits per heavy atom. The van der Waals surface area contributed by atoms with Crippen molar-refractivity contribution in [1.29, 1.82) is 0 Å². The molecule has 0 aliphatic rings. The summed E-state index contributed by atoms with van der Waals surface area (Å²) in [5.74, 6) is 0.777. The summed E-state index contributed by atoms with van der Waals surface area (Å²) in [4.78, 5) is 8.71. The van der Waals surface area contributed by atoms with Gasteiger partial charge in [0.15, 0.2) is 0 Å². The summed E-state index contributed by atoms with van der Waals surface area (Å²) >= 11 is 5.98. The lowest BCUT2D eigenvalue weighted by Crippen LogP contribution is -1.93. The summed E-state index contributed by atoms with van der Waals surface area (Å²) < 4.78 is 5.30. The van der Waals surface area contributed by atoms with Gasteiger partial charge in [-0.2, -0.15) is 4.98 Å². The van der Waals surface area contributed by atoms with E-state index in [1.165, 1.54) is 0 Å². The minimum atomic E-state index is 0.331. The smallest absolute Gasteiger partial charge is 0.260 e. The van der Waals surface area contributed by atoms with Gasteiger partial charge in [0, 0.05) is 16.9 Å². The number of nitrogens with two attached hydrogens (primary N) is 1. The van der Waals surface area contributed by atoms with Gasteiger partial charge in [-0.3, -0.25) is 4.98 Å². The van der Waals surface area contributed by atoms with Gasteiger partial charge in [-0.15, -0.1) is 0 Å². The fourth-order valence-corrected chi connectivity index (χ4v) is 2.24. The molecule has 3 rings (SSSR count). The van der Waals surface area contributed by atoms with Gasteiger partial charge in [-0.1, -0.05) is 29.7 Å². The Kier molecular flexibility index (Phi) is 3.58. The van der Waals surface area contributed by atoms with E-state index in [0.717, 1.165) is 17.7 Å². The molecular weight excluding hydrogens is 288 g/mol. The van der Waals surface area contributed by atoms with E-state index in [2.05, 4.69) is 22.0 Å². The summed E-state index contributed by atoms with van der Waals surface area (Å²) in [6.07, 6.45) is 2.55. The molecule has 0 unspecified atom stereocenters. The molecule has 0 saturated carbocycles.